The van der Waals surface area contributed by atoms with Gasteiger partial charge in [-0.1, -0.05) is 0 Å². The molecule has 3 heteroatoms. The van der Waals surface area contributed by atoms with Crippen LogP contribution >= 0.6 is 0 Å². The maximum Gasteiger partial charge on any atom is 0.320 e. The van der Waals surface area contributed by atoms with Gasteiger partial charge in [0.1, 0.15) is 6.04 Å². The molecule has 0 amide bonds. The second-order valence-electron chi connectivity index (χ2n) is 3.22. The molecule has 1 aliphatic carbocycles. The minimum Gasteiger partial charge on any atom is -0.480 e. The number of carboxylic acid groups (broad SMARTS) is 1. The van der Waals surface area contributed by atoms with E-state index in [0.29, 0.717) is 5.92 Å². The molecule has 0 spiro atoms. The average molecular weight is 141 g/mol. The van der Waals surface area contributed by atoms with Crippen LogP contribution in [0.25, 0.3) is 0 Å². The Morgan fingerprint density at radius 1 is 1.60 bits per heavy atom. The van der Waals surface area contributed by atoms with Gasteiger partial charge in [-0.3, -0.25) is 4.79 Å². The van der Waals surface area contributed by atoms with E-state index in [0.717, 1.165) is 18.9 Å². The minimum atomic E-state index is -0.674. The third kappa shape index (κ3) is 0.814. The summed E-state index contributed by atoms with van der Waals surface area (Å²) in [6, 6.07) is -0.237. The molecular weight excluding hydrogens is 130 g/mol. The lowest BCUT2D eigenvalue weighted by Gasteiger charge is -2.18. The van der Waals surface area contributed by atoms with Crippen molar-refractivity contribution in [2.75, 3.05) is 6.54 Å². The Bertz CT molecular complexity index is 169. The van der Waals surface area contributed by atoms with Crippen LogP contribution in [0.2, 0.25) is 0 Å². The number of nitrogens with one attached hydrogen (secondary N) is 1. The first-order chi connectivity index (χ1) is 4.79. The Labute approximate surface area is 59.4 Å². The predicted octanol–water partition coefficient (Wildman–Crippen LogP) is 0.0690. The summed E-state index contributed by atoms with van der Waals surface area (Å²) in [5, 5.41) is 11.7. The quantitative estimate of drug-likeness (QED) is 0.543. The molecular formula is C7H11NO2. The van der Waals surface area contributed by atoms with E-state index in [2.05, 4.69) is 5.32 Å². The normalized spacial score (nSPS) is 44.2. The first-order valence-corrected chi connectivity index (χ1v) is 3.75. The van der Waals surface area contributed by atoms with Crippen LogP contribution in [0.5, 0.6) is 0 Å². The largest absolute Gasteiger partial charge is 0.480 e. The molecule has 0 radical (unpaired) electrons. The number of carbonyl (C=O) groups is 1. The summed E-state index contributed by atoms with van der Waals surface area (Å²) in [6.07, 6.45) is 2.30. The second kappa shape index (κ2) is 1.95. The molecule has 0 aromatic heterocycles. The van der Waals surface area contributed by atoms with Crippen LogP contribution in [0.1, 0.15) is 12.8 Å². The molecule has 1 heterocycles. The molecule has 3 atom stereocenters. The first-order valence-electron chi connectivity index (χ1n) is 3.75. The topological polar surface area (TPSA) is 49.3 Å². The number of fused-ring (bicyclic) bond motifs is 1. The van der Waals surface area contributed by atoms with Crippen LogP contribution in [0.3, 0.4) is 0 Å². The Hall–Kier alpha value is -0.570. The van der Waals surface area contributed by atoms with E-state index in [1.165, 1.54) is 6.42 Å². The van der Waals surface area contributed by atoms with Crippen molar-refractivity contribution in [3.63, 3.8) is 0 Å². The molecule has 2 rings (SSSR count). The number of rotatable bonds is 1. The average Bonchev–Trinajstić information content (AvgIpc) is 2.63. The third-order valence-corrected chi connectivity index (χ3v) is 2.55. The highest BCUT2D eigenvalue weighted by molar-refractivity contribution is 5.74. The summed E-state index contributed by atoms with van der Waals surface area (Å²) in [5.74, 6) is 0.501. The molecule has 3 nitrogen and oxygen atoms in total. The minimum absolute atomic E-state index is 0.237. The number of hydrogen-bond donors (Lipinski definition) is 2. The van der Waals surface area contributed by atoms with Crippen LogP contribution in [0.15, 0.2) is 0 Å². The Kier molecular flexibility index (Phi) is 1.20. The molecule has 2 fully saturated rings. The summed E-state index contributed by atoms with van der Waals surface area (Å²) in [4.78, 5) is 10.5. The smallest absolute Gasteiger partial charge is 0.320 e. The monoisotopic (exact) mass is 141 g/mol. The van der Waals surface area contributed by atoms with Gasteiger partial charge in [0.2, 0.25) is 0 Å². The summed E-state index contributed by atoms with van der Waals surface area (Å²) in [5.41, 5.74) is 0. The van der Waals surface area contributed by atoms with Gasteiger partial charge < -0.3 is 10.4 Å². The molecule has 1 unspecified atom stereocenters. The van der Waals surface area contributed by atoms with E-state index in [1.807, 2.05) is 0 Å². The molecule has 0 aromatic rings. The third-order valence-electron chi connectivity index (χ3n) is 2.55. The fourth-order valence-corrected chi connectivity index (χ4v) is 1.86. The standard InChI is InChI=1S/C7H11NO2/c9-7(10)6-5-3-4(5)1-2-8-6/h4-6,8H,1-3H2,(H,9,10)/t4-,5+,6?/m1/s1. The molecule has 10 heavy (non-hydrogen) atoms. The Balaban J connectivity index is 2.02. The van der Waals surface area contributed by atoms with E-state index >= 15 is 0 Å². The molecule has 0 bridgehead atoms. The predicted molar refractivity (Wildman–Crippen MR) is 35.6 cm³/mol. The van der Waals surface area contributed by atoms with Crippen molar-refractivity contribution in [2.45, 2.75) is 18.9 Å². The van der Waals surface area contributed by atoms with Crippen LogP contribution in [0.4, 0.5) is 0 Å². The first kappa shape index (κ1) is 6.16. The van der Waals surface area contributed by atoms with E-state index in [9.17, 15) is 4.79 Å². The SMILES string of the molecule is O=C(O)C1NCC[C@@H]2C[C@H]12. The molecule has 2 N–H and O–H groups in total. The van der Waals surface area contributed by atoms with Crippen molar-refractivity contribution in [1.29, 1.82) is 0 Å². The highest BCUT2D eigenvalue weighted by Crippen LogP contribution is 2.45. The van der Waals surface area contributed by atoms with Crippen LogP contribution in [0, 0.1) is 11.8 Å². The summed E-state index contributed by atoms with van der Waals surface area (Å²) in [7, 11) is 0. The highest BCUT2D eigenvalue weighted by atomic mass is 16.4. The van der Waals surface area contributed by atoms with Gasteiger partial charge in [0.05, 0.1) is 0 Å². The van der Waals surface area contributed by atoms with Gasteiger partial charge in [0, 0.05) is 0 Å². The summed E-state index contributed by atoms with van der Waals surface area (Å²) >= 11 is 0. The lowest BCUT2D eigenvalue weighted by molar-refractivity contribution is -0.140. The Morgan fingerprint density at radius 3 is 3.00 bits per heavy atom. The fourth-order valence-electron chi connectivity index (χ4n) is 1.86. The summed E-state index contributed by atoms with van der Waals surface area (Å²) in [6.45, 7) is 0.887. The van der Waals surface area contributed by atoms with Crippen molar-refractivity contribution in [1.82, 2.24) is 5.32 Å². The molecule has 2 aliphatic rings. The Morgan fingerprint density at radius 2 is 2.40 bits per heavy atom. The number of hydrogen-bond acceptors (Lipinski definition) is 2. The summed E-state index contributed by atoms with van der Waals surface area (Å²) < 4.78 is 0. The van der Waals surface area contributed by atoms with Crippen LogP contribution < -0.4 is 5.32 Å². The van der Waals surface area contributed by atoms with Crippen molar-refractivity contribution < 1.29 is 9.90 Å². The fraction of sp³-hybridized carbons (Fsp3) is 0.857. The highest BCUT2D eigenvalue weighted by Gasteiger charge is 2.48. The van der Waals surface area contributed by atoms with Gasteiger partial charge in [-0.15, -0.1) is 0 Å². The van der Waals surface area contributed by atoms with E-state index in [1.54, 1.807) is 0 Å². The van der Waals surface area contributed by atoms with Crippen molar-refractivity contribution in [2.24, 2.45) is 11.8 Å². The lowest BCUT2D eigenvalue weighted by Crippen LogP contribution is -2.42. The van der Waals surface area contributed by atoms with E-state index < -0.39 is 5.97 Å². The van der Waals surface area contributed by atoms with E-state index in [-0.39, 0.29) is 6.04 Å². The molecule has 56 valence electrons. The van der Waals surface area contributed by atoms with Crippen LogP contribution in [-0.2, 0) is 4.79 Å². The zero-order chi connectivity index (χ0) is 7.14. The van der Waals surface area contributed by atoms with E-state index in [4.69, 9.17) is 5.11 Å². The maximum atomic E-state index is 10.5. The number of aliphatic carboxylic acids is 1. The van der Waals surface area contributed by atoms with Gasteiger partial charge in [-0.2, -0.15) is 0 Å². The maximum absolute atomic E-state index is 10.5. The molecule has 0 aromatic carbocycles. The number of carboxylic acids is 1. The van der Waals surface area contributed by atoms with Gasteiger partial charge in [-0.05, 0) is 31.2 Å². The molecule has 1 aliphatic heterocycles. The van der Waals surface area contributed by atoms with Gasteiger partial charge in [0.25, 0.3) is 0 Å². The van der Waals surface area contributed by atoms with Gasteiger partial charge in [-0.25, -0.2) is 0 Å². The lowest BCUT2D eigenvalue weighted by atomic mass is 10.1. The molecule has 1 saturated carbocycles. The van der Waals surface area contributed by atoms with Crippen molar-refractivity contribution in [3.8, 4) is 0 Å². The number of piperidine rings is 1. The van der Waals surface area contributed by atoms with Crippen molar-refractivity contribution >= 4 is 5.97 Å². The zero-order valence-electron chi connectivity index (χ0n) is 5.71. The second-order valence-corrected chi connectivity index (χ2v) is 3.22. The van der Waals surface area contributed by atoms with Crippen LogP contribution in [-0.4, -0.2) is 23.7 Å². The zero-order valence-corrected chi connectivity index (χ0v) is 5.71. The van der Waals surface area contributed by atoms with Crippen molar-refractivity contribution in [3.05, 3.63) is 0 Å². The molecule has 1 saturated heterocycles. The van der Waals surface area contributed by atoms with Gasteiger partial charge >= 0.3 is 5.97 Å². The van der Waals surface area contributed by atoms with Gasteiger partial charge in [0.15, 0.2) is 0 Å².